The summed E-state index contributed by atoms with van der Waals surface area (Å²) in [4.78, 5) is 0. The summed E-state index contributed by atoms with van der Waals surface area (Å²) in [5, 5.41) is 21.6. The van der Waals surface area contributed by atoms with E-state index in [0.29, 0.717) is 30.0 Å². The Morgan fingerprint density at radius 2 is 1.86 bits per heavy atom. The highest BCUT2D eigenvalue weighted by Crippen LogP contribution is 2.37. The first-order valence-electron chi connectivity index (χ1n) is 9.98. The molecule has 0 aromatic heterocycles. The van der Waals surface area contributed by atoms with E-state index in [0.717, 1.165) is 16.9 Å². The molecule has 154 valence electrons. The van der Waals surface area contributed by atoms with Gasteiger partial charge in [0, 0.05) is 17.0 Å². The van der Waals surface area contributed by atoms with Gasteiger partial charge in [-0.15, -0.1) is 0 Å². The molecule has 1 aliphatic heterocycles. The molecule has 0 unspecified atom stereocenters. The van der Waals surface area contributed by atoms with Crippen LogP contribution in [0.25, 0.3) is 0 Å². The molecule has 1 heterocycles. The lowest BCUT2D eigenvalue weighted by Crippen LogP contribution is -2.43. The van der Waals surface area contributed by atoms with Gasteiger partial charge in [-0.1, -0.05) is 43.6 Å². The van der Waals surface area contributed by atoms with Gasteiger partial charge in [-0.05, 0) is 62.1 Å². The number of aliphatic hydroxyl groups excluding tert-OH is 1. The van der Waals surface area contributed by atoms with Crippen LogP contribution in [0.5, 0.6) is 5.75 Å². The van der Waals surface area contributed by atoms with Crippen molar-refractivity contribution in [3.8, 4) is 5.75 Å². The second-order valence-corrected chi connectivity index (χ2v) is 7.27. The SMILES string of the molecule is CC.CCOc1ccc(Cc2cc([C@@]3(O)C[C@@H](O)C[C@@H](C)O3)ccc2Cl)cc1. The first-order valence-corrected chi connectivity index (χ1v) is 10.4. The zero-order valence-electron chi connectivity index (χ0n) is 17.1. The molecule has 0 saturated carbocycles. The van der Waals surface area contributed by atoms with Gasteiger partial charge in [-0.3, -0.25) is 0 Å². The second kappa shape index (κ2) is 10.3. The molecular weight excluding hydrogens is 376 g/mol. The van der Waals surface area contributed by atoms with Gasteiger partial charge in [0.15, 0.2) is 5.79 Å². The predicted octanol–water partition coefficient (Wildman–Crippen LogP) is 5.06. The summed E-state index contributed by atoms with van der Waals surface area (Å²) in [7, 11) is 0. The summed E-state index contributed by atoms with van der Waals surface area (Å²) in [6.07, 6.45) is 0.506. The van der Waals surface area contributed by atoms with E-state index in [-0.39, 0.29) is 12.5 Å². The van der Waals surface area contributed by atoms with Crippen molar-refractivity contribution in [2.24, 2.45) is 0 Å². The lowest BCUT2D eigenvalue weighted by molar-refractivity contribution is -0.277. The van der Waals surface area contributed by atoms with E-state index in [9.17, 15) is 10.2 Å². The van der Waals surface area contributed by atoms with Gasteiger partial charge in [-0.25, -0.2) is 0 Å². The summed E-state index contributed by atoms with van der Waals surface area (Å²) in [6, 6.07) is 13.3. The van der Waals surface area contributed by atoms with Gasteiger partial charge in [-0.2, -0.15) is 0 Å². The number of hydrogen-bond acceptors (Lipinski definition) is 4. The Labute approximate surface area is 173 Å². The molecule has 28 heavy (non-hydrogen) atoms. The van der Waals surface area contributed by atoms with E-state index in [4.69, 9.17) is 21.1 Å². The molecule has 3 atom stereocenters. The van der Waals surface area contributed by atoms with Gasteiger partial charge in [0.25, 0.3) is 0 Å². The van der Waals surface area contributed by atoms with Crippen molar-refractivity contribution in [2.75, 3.05) is 6.61 Å². The van der Waals surface area contributed by atoms with Crippen LogP contribution in [0, 0.1) is 0 Å². The monoisotopic (exact) mass is 406 g/mol. The zero-order valence-corrected chi connectivity index (χ0v) is 17.9. The smallest absolute Gasteiger partial charge is 0.195 e. The van der Waals surface area contributed by atoms with Gasteiger partial charge in [0.05, 0.1) is 18.8 Å². The zero-order chi connectivity index (χ0) is 20.7. The molecule has 0 amide bonds. The largest absolute Gasteiger partial charge is 0.494 e. The van der Waals surface area contributed by atoms with E-state index in [1.54, 1.807) is 12.1 Å². The average Bonchev–Trinajstić information content (AvgIpc) is 2.66. The van der Waals surface area contributed by atoms with Gasteiger partial charge < -0.3 is 19.7 Å². The Hall–Kier alpha value is -1.59. The van der Waals surface area contributed by atoms with Crippen molar-refractivity contribution in [1.29, 1.82) is 0 Å². The molecule has 2 aromatic rings. The normalized spacial score (nSPS) is 24.2. The second-order valence-electron chi connectivity index (χ2n) is 6.87. The lowest BCUT2D eigenvalue weighted by atomic mass is 9.91. The number of halogens is 1. The van der Waals surface area contributed by atoms with Crippen LogP contribution in [0.4, 0.5) is 0 Å². The average molecular weight is 407 g/mol. The molecule has 1 fully saturated rings. The summed E-state index contributed by atoms with van der Waals surface area (Å²) < 4.78 is 11.2. The fraction of sp³-hybridized carbons (Fsp3) is 0.478. The minimum absolute atomic E-state index is 0.154. The molecule has 4 nitrogen and oxygen atoms in total. The molecule has 5 heteroatoms. The first-order chi connectivity index (χ1) is 13.4. The Kier molecular flexibility index (Phi) is 8.32. The molecule has 1 aliphatic rings. The summed E-state index contributed by atoms with van der Waals surface area (Å²) in [6.45, 7) is 8.44. The van der Waals surface area contributed by atoms with Gasteiger partial charge >= 0.3 is 0 Å². The van der Waals surface area contributed by atoms with Crippen molar-refractivity contribution >= 4 is 11.6 Å². The van der Waals surface area contributed by atoms with E-state index in [2.05, 4.69) is 0 Å². The molecular formula is C23H31ClO4. The Morgan fingerprint density at radius 3 is 2.46 bits per heavy atom. The number of aliphatic hydroxyl groups is 2. The molecule has 1 saturated heterocycles. The minimum Gasteiger partial charge on any atom is -0.494 e. The van der Waals surface area contributed by atoms with Crippen molar-refractivity contribution in [3.63, 3.8) is 0 Å². The first kappa shape index (κ1) is 22.7. The standard InChI is InChI=1S/C21H25ClO4.C2H6/c1-3-25-19-7-4-15(5-8-19)11-16-12-17(6-9-20(16)22)21(24)13-18(23)10-14(2)26-21;1-2/h4-9,12,14,18,23-24H,3,10-11,13H2,1-2H3;1-2H3/t14-,18+,21-;/m1./s1. The highest BCUT2D eigenvalue weighted by molar-refractivity contribution is 6.31. The molecule has 0 aliphatic carbocycles. The van der Waals surface area contributed by atoms with Crippen LogP contribution < -0.4 is 4.74 Å². The third kappa shape index (κ3) is 5.71. The lowest BCUT2D eigenvalue weighted by Gasteiger charge is -2.39. The van der Waals surface area contributed by atoms with Crippen LogP contribution >= 0.6 is 11.6 Å². The Bertz CT molecular complexity index is 735. The number of benzene rings is 2. The van der Waals surface area contributed by atoms with Crippen LogP contribution in [-0.4, -0.2) is 29.0 Å². The summed E-state index contributed by atoms with van der Waals surface area (Å²) in [5.41, 5.74) is 2.61. The van der Waals surface area contributed by atoms with Gasteiger partial charge in [0.1, 0.15) is 5.75 Å². The van der Waals surface area contributed by atoms with Crippen LogP contribution in [0.2, 0.25) is 5.02 Å². The molecule has 3 rings (SSSR count). The Balaban J connectivity index is 0.00000136. The van der Waals surface area contributed by atoms with Crippen LogP contribution in [-0.2, 0) is 16.9 Å². The predicted molar refractivity (Wildman–Crippen MR) is 113 cm³/mol. The maximum absolute atomic E-state index is 10.9. The number of ether oxygens (including phenoxy) is 2. The fourth-order valence-corrected chi connectivity index (χ4v) is 3.63. The summed E-state index contributed by atoms with van der Waals surface area (Å²) in [5.74, 6) is -0.654. The van der Waals surface area contributed by atoms with E-state index < -0.39 is 11.9 Å². The van der Waals surface area contributed by atoms with Crippen molar-refractivity contribution in [3.05, 3.63) is 64.2 Å². The van der Waals surface area contributed by atoms with E-state index in [1.807, 2.05) is 58.0 Å². The maximum atomic E-state index is 10.9. The van der Waals surface area contributed by atoms with Crippen LogP contribution in [0.1, 0.15) is 57.2 Å². The summed E-state index contributed by atoms with van der Waals surface area (Å²) >= 11 is 6.37. The number of hydrogen-bond donors (Lipinski definition) is 2. The molecule has 2 aromatic carbocycles. The third-order valence-electron chi connectivity index (χ3n) is 4.64. The minimum atomic E-state index is -1.49. The van der Waals surface area contributed by atoms with Crippen molar-refractivity contribution < 1.29 is 19.7 Å². The molecule has 0 bridgehead atoms. The quantitative estimate of drug-likeness (QED) is 0.728. The fourth-order valence-electron chi connectivity index (χ4n) is 3.44. The number of rotatable bonds is 5. The molecule has 2 N–H and O–H groups in total. The highest BCUT2D eigenvalue weighted by atomic mass is 35.5. The third-order valence-corrected chi connectivity index (χ3v) is 5.01. The Morgan fingerprint density at radius 1 is 1.18 bits per heavy atom. The topological polar surface area (TPSA) is 58.9 Å². The van der Waals surface area contributed by atoms with Crippen molar-refractivity contribution in [2.45, 2.75) is 65.0 Å². The van der Waals surface area contributed by atoms with Crippen molar-refractivity contribution in [1.82, 2.24) is 0 Å². The van der Waals surface area contributed by atoms with Gasteiger partial charge in [0.2, 0.25) is 0 Å². The highest BCUT2D eigenvalue weighted by Gasteiger charge is 2.39. The van der Waals surface area contributed by atoms with Crippen LogP contribution in [0.3, 0.4) is 0 Å². The maximum Gasteiger partial charge on any atom is 0.195 e. The van der Waals surface area contributed by atoms with E-state index >= 15 is 0 Å². The molecule has 0 radical (unpaired) electrons. The van der Waals surface area contributed by atoms with E-state index in [1.165, 1.54) is 0 Å². The molecule has 0 spiro atoms. The van der Waals surface area contributed by atoms with Crippen LogP contribution in [0.15, 0.2) is 42.5 Å².